The average molecular weight is 170 g/mol. The number of methoxy groups -OCH3 is 1. The molecule has 0 saturated carbocycles. The molecule has 0 spiro atoms. The molecule has 70 valence electrons. The van der Waals surface area contributed by atoms with Gasteiger partial charge in [-0.05, 0) is 12.1 Å². The van der Waals surface area contributed by atoms with E-state index in [0.717, 1.165) is 0 Å². The highest BCUT2D eigenvalue weighted by molar-refractivity contribution is 5.18. The molecule has 0 radical (unpaired) electrons. The third kappa shape index (κ3) is 11.7. The summed E-state index contributed by atoms with van der Waals surface area (Å²) in [5.41, 5.74) is 0. The van der Waals surface area contributed by atoms with Crippen LogP contribution in [0.15, 0.2) is 30.3 Å². The smallest absolute Gasteiger partial charge is 0.115 e. The van der Waals surface area contributed by atoms with E-state index in [1.165, 1.54) is 0 Å². The molecule has 1 N–H and O–H groups in total. The van der Waals surface area contributed by atoms with Crippen molar-refractivity contribution in [3.8, 4) is 5.75 Å². The zero-order valence-electron chi connectivity index (χ0n) is 8.24. The van der Waals surface area contributed by atoms with Crippen LogP contribution >= 0.6 is 0 Å². The molecule has 0 saturated heterocycles. The molecule has 0 unspecified atom stereocenters. The predicted octanol–water partition coefficient (Wildman–Crippen LogP) is 2.68. The van der Waals surface area contributed by atoms with Gasteiger partial charge < -0.3 is 9.84 Å². The number of hydrogen-bond acceptors (Lipinski definition) is 2. The number of phenols is 1. The van der Waals surface area contributed by atoms with Crippen molar-refractivity contribution in [2.75, 3.05) is 14.2 Å². The number of aromatic hydroxyl groups is 1. The SMILES string of the molecule is CC.COC.Oc1ccccc1. The first-order valence-corrected chi connectivity index (χ1v) is 3.95. The molecule has 0 aromatic heterocycles. The van der Waals surface area contributed by atoms with Crippen LogP contribution in [0.5, 0.6) is 5.75 Å². The van der Waals surface area contributed by atoms with Gasteiger partial charge in [0.05, 0.1) is 0 Å². The number of hydrogen-bond donors (Lipinski definition) is 1. The molecular weight excluding hydrogens is 152 g/mol. The van der Waals surface area contributed by atoms with Crippen LogP contribution in [0.25, 0.3) is 0 Å². The minimum absolute atomic E-state index is 0.322. The summed E-state index contributed by atoms with van der Waals surface area (Å²) < 4.78 is 4.25. The summed E-state index contributed by atoms with van der Waals surface area (Å²) in [5, 5.41) is 8.63. The Morgan fingerprint density at radius 1 is 1.00 bits per heavy atom. The average Bonchev–Trinajstić information content (AvgIpc) is 2.11. The minimum atomic E-state index is 0.322. The van der Waals surface area contributed by atoms with Gasteiger partial charge >= 0.3 is 0 Å². The summed E-state index contributed by atoms with van der Waals surface area (Å²) in [6.45, 7) is 4.00. The van der Waals surface area contributed by atoms with E-state index in [1.807, 2.05) is 19.9 Å². The first-order chi connectivity index (χ1) is 5.81. The molecule has 1 aromatic carbocycles. The molecule has 0 heterocycles. The maximum Gasteiger partial charge on any atom is 0.115 e. The maximum absolute atomic E-state index is 8.63. The first-order valence-electron chi connectivity index (χ1n) is 3.95. The van der Waals surface area contributed by atoms with Gasteiger partial charge in [0.25, 0.3) is 0 Å². The first kappa shape index (κ1) is 13.6. The van der Waals surface area contributed by atoms with Crippen molar-refractivity contribution >= 4 is 0 Å². The van der Waals surface area contributed by atoms with Gasteiger partial charge in [-0.15, -0.1) is 0 Å². The highest BCUT2D eigenvalue weighted by atomic mass is 16.4. The van der Waals surface area contributed by atoms with Crippen LogP contribution in [0.3, 0.4) is 0 Å². The minimum Gasteiger partial charge on any atom is -0.508 e. The van der Waals surface area contributed by atoms with Crippen molar-refractivity contribution in [3.05, 3.63) is 30.3 Å². The van der Waals surface area contributed by atoms with Gasteiger partial charge in [-0.1, -0.05) is 32.0 Å². The Bertz CT molecular complexity index is 149. The van der Waals surface area contributed by atoms with Crippen LogP contribution in [0, 0.1) is 0 Å². The maximum atomic E-state index is 8.63. The molecule has 0 bridgehead atoms. The van der Waals surface area contributed by atoms with Crippen LogP contribution < -0.4 is 0 Å². The lowest BCUT2D eigenvalue weighted by atomic mass is 10.3. The standard InChI is InChI=1S/C6H6O.C2H6O.C2H6/c7-6-4-2-1-3-5-6;1-3-2;1-2/h1-5,7H;1-2H3;1-2H3. The Morgan fingerprint density at radius 2 is 1.33 bits per heavy atom. The fourth-order valence-corrected chi connectivity index (χ4v) is 0.428. The van der Waals surface area contributed by atoms with E-state index in [4.69, 9.17) is 5.11 Å². The Hall–Kier alpha value is -1.02. The molecule has 1 aromatic rings. The van der Waals surface area contributed by atoms with E-state index >= 15 is 0 Å². The normalized spacial score (nSPS) is 7.00. The molecule has 2 nitrogen and oxygen atoms in total. The fraction of sp³-hybridized carbons (Fsp3) is 0.400. The molecule has 0 amide bonds. The predicted molar refractivity (Wildman–Crippen MR) is 52.4 cm³/mol. The van der Waals surface area contributed by atoms with Crippen molar-refractivity contribution in [3.63, 3.8) is 0 Å². The van der Waals surface area contributed by atoms with Crippen LogP contribution in [-0.2, 0) is 4.74 Å². The van der Waals surface area contributed by atoms with E-state index in [-0.39, 0.29) is 0 Å². The molecule has 0 aliphatic rings. The van der Waals surface area contributed by atoms with Gasteiger partial charge in [-0.2, -0.15) is 0 Å². The van der Waals surface area contributed by atoms with Crippen LogP contribution in [0.1, 0.15) is 13.8 Å². The zero-order chi connectivity index (χ0) is 9.82. The summed E-state index contributed by atoms with van der Waals surface area (Å²) in [6, 6.07) is 8.71. The molecule has 2 heteroatoms. The Balaban J connectivity index is 0. The van der Waals surface area contributed by atoms with Crippen LogP contribution in [0.4, 0.5) is 0 Å². The lowest BCUT2D eigenvalue weighted by Gasteiger charge is -1.82. The number of para-hydroxylation sites is 1. The number of ether oxygens (including phenoxy) is 1. The summed E-state index contributed by atoms with van der Waals surface area (Å²) in [7, 11) is 3.25. The van der Waals surface area contributed by atoms with E-state index < -0.39 is 0 Å². The van der Waals surface area contributed by atoms with Gasteiger partial charge in [0.1, 0.15) is 5.75 Å². The van der Waals surface area contributed by atoms with E-state index in [0.29, 0.717) is 5.75 Å². The zero-order valence-corrected chi connectivity index (χ0v) is 8.24. The van der Waals surface area contributed by atoms with Gasteiger partial charge in [-0.25, -0.2) is 0 Å². The van der Waals surface area contributed by atoms with Gasteiger partial charge in [0.2, 0.25) is 0 Å². The summed E-state index contributed by atoms with van der Waals surface area (Å²) >= 11 is 0. The van der Waals surface area contributed by atoms with Crippen molar-refractivity contribution in [2.24, 2.45) is 0 Å². The summed E-state index contributed by atoms with van der Waals surface area (Å²) in [4.78, 5) is 0. The third-order valence-electron chi connectivity index (χ3n) is 0.756. The number of rotatable bonds is 0. The molecule has 0 fully saturated rings. The quantitative estimate of drug-likeness (QED) is 0.648. The van der Waals surface area contributed by atoms with E-state index in [1.54, 1.807) is 38.5 Å². The second kappa shape index (κ2) is 12.6. The van der Waals surface area contributed by atoms with Crippen molar-refractivity contribution in [1.82, 2.24) is 0 Å². The van der Waals surface area contributed by atoms with Crippen LogP contribution in [-0.4, -0.2) is 19.3 Å². The second-order valence-electron chi connectivity index (χ2n) is 1.74. The molecule has 0 aliphatic heterocycles. The van der Waals surface area contributed by atoms with Crippen molar-refractivity contribution < 1.29 is 9.84 Å². The summed E-state index contributed by atoms with van der Waals surface area (Å²) in [5.74, 6) is 0.322. The number of benzene rings is 1. The molecule has 1 rings (SSSR count). The monoisotopic (exact) mass is 170 g/mol. The highest BCUT2D eigenvalue weighted by Crippen LogP contribution is 2.02. The fourth-order valence-electron chi connectivity index (χ4n) is 0.428. The molecule has 0 atom stereocenters. The Morgan fingerprint density at radius 3 is 1.50 bits per heavy atom. The number of phenolic OH excluding ortho intramolecular Hbond substituents is 1. The second-order valence-corrected chi connectivity index (χ2v) is 1.74. The topological polar surface area (TPSA) is 29.5 Å². The van der Waals surface area contributed by atoms with Crippen LogP contribution in [0.2, 0.25) is 0 Å². The van der Waals surface area contributed by atoms with Gasteiger partial charge in [0.15, 0.2) is 0 Å². The van der Waals surface area contributed by atoms with Gasteiger partial charge in [-0.3, -0.25) is 0 Å². The van der Waals surface area contributed by atoms with Gasteiger partial charge in [0, 0.05) is 14.2 Å². The van der Waals surface area contributed by atoms with E-state index in [9.17, 15) is 0 Å². The highest BCUT2D eigenvalue weighted by Gasteiger charge is 1.74. The Kier molecular flexibility index (Phi) is 14.3. The summed E-state index contributed by atoms with van der Waals surface area (Å²) in [6.07, 6.45) is 0. The third-order valence-corrected chi connectivity index (χ3v) is 0.756. The van der Waals surface area contributed by atoms with Crippen molar-refractivity contribution in [2.45, 2.75) is 13.8 Å². The molecule has 0 aliphatic carbocycles. The molecular formula is C10H18O2. The lowest BCUT2D eigenvalue weighted by molar-refractivity contribution is 0.277. The lowest BCUT2D eigenvalue weighted by Crippen LogP contribution is -1.56. The molecule has 12 heavy (non-hydrogen) atoms. The largest absolute Gasteiger partial charge is 0.508 e. The Labute approximate surface area is 74.8 Å². The van der Waals surface area contributed by atoms with E-state index in [2.05, 4.69) is 4.74 Å². The van der Waals surface area contributed by atoms with Crippen molar-refractivity contribution in [1.29, 1.82) is 0 Å².